The van der Waals surface area contributed by atoms with Crippen molar-refractivity contribution in [2.45, 2.75) is 17.8 Å². The Morgan fingerprint density at radius 3 is 2.06 bits per heavy atom. The van der Waals surface area contributed by atoms with Crippen molar-refractivity contribution >= 4 is 11.8 Å². The summed E-state index contributed by atoms with van der Waals surface area (Å²) in [6, 6.07) is 10.8. The first-order chi connectivity index (χ1) is 14.9. The molecule has 0 atom stereocenters. The summed E-state index contributed by atoms with van der Waals surface area (Å²) in [5.41, 5.74) is 1.34. The largest absolute Gasteiger partial charge is 0.270 e. The summed E-state index contributed by atoms with van der Waals surface area (Å²) < 4.78 is 70.2. The van der Waals surface area contributed by atoms with Gasteiger partial charge in [-0.3, -0.25) is 9.55 Å². The van der Waals surface area contributed by atoms with Gasteiger partial charge in [-0.25, -0.2) is 22.0 Å². The van der Waals surface area contributed by atoms with Crippen LogP contribution in [0, 0.1) is 36.0 Å². The molecule has 4 nitrogen and oxygen atoms in total. The molecule has 2 aromatic carbocycles. The molecule has 0 amide bonds. The second kappa shape index (κ2) is 8.46. The number of para-hydroxylation sites is 1. The Bertz CT molecular complexity index is 1230. The molecule has 0 saturated heterocycles. The van der Waals surface area contributed by atoms with Gasteiger partial charge in [0.1, 0.15) is 0 Å². The Kier molecular flexibility index (Phi) is 5.73. The lowest BCUT2D eigenvalue weighted by atomic mass is 10.2. The van der Waals surface area contributed by atoms with Gasteiger partial charge < -0.3 is 0 Å². The van der Waals surface area contributed by atoms with Crippen LogP contribution in [-0.4, -0.2) is 19.7 Å². The normalized spacial score (nSPS) is 11.2. The molecule has 2 heterocycles. The standard InChI is InChI=1S/C21H13F5N4S/c1-11-4-2-3-5-14(11)30-20(12-6-8-27-9-7-12)28-29-21(30)31-10-13-15(22)17(24)19(26)18(25)16(13)23/h2-9H,10H2,1H3. The third kappa shape index (κ3) is 3.78. The first kappa shape index (κ1) is 21.0. The molecule has 0 spiro atoms. The molecule has 31 heavy (non-hydrogen) atoms. The van der Waals surface area contributed by atoms with E-state index in [0.29, 0.717) is 17.1 Å². The molecule has 10 heteroatoms. The average Bonchev–Trinajstić information content (AvgIpc) is 3.21. The minimum atomic E-state index is -2.19. The van der Waals surface area contributed by atoms with Gasteiger partial charge >= 0.3 is 0 Å². The summed E-state index contributed by atoms with van der Waals surface area (Å²) in [6.07, 6.45) is 3.15. The van der Waals surface area contributed by atoms with Crippen molar-refractivity contribution in [3.05, 3.63) is 89.0 Å². The lowest BCUT2D eigenvalue weighted by Gasteiger charge is -2.13. The van der Waals surface area contributed by atoms with Gasteiger partial charge in [-0.15, -0.1) is 10.2 Å². The van der Waals surface area contributed by atoms with Crippen LogP contribution in [0.3, 0.4) is 0 Å². The highest BCUT2D eigenvalue weighted by atomic mass is 32.2. The van der Waals surface area contributed by atoms with Crippen LogP contribution in [0.25, 0.3) is 17.1 Å². The maximum Gasteiger partial charge on any atom is 0.200 e. The number of hydrogen-bond donors (Lipinski definition) is 0. The van der Waals surface area contributed by atoms with Crippen LogP contribution >= 0.6 is 11.8 Å². The van der Waals surface area contributed by atoms with Crippen molar-refractivity contribution < 1.29 is 22.0 Å². The maximum absolute atomic E-state index is 14.1. The molecule has 0 N–H and O–H groups in total. The van der Waals surface area contributed by atoms with E-state index in [1.165, 1.54) is 0 Å². The van der Waals surface area contributed by atoms with E-state index in [2.05, 4.69) is 15.2 Å². The van der Waals surface area contributed by atoms with Gasteiger partial charge in [0.2, 0.25) is 5.82 Å². The first-order valence-electron chi connectivity index (χ1n) is 8.95. The first-order valence-corrected chi connectivity index (χ1v) is 9.93. The molecule has 158 valence electrons. The van der Waals surface area contributed by atoms with E-state index >= 15 is 0 Å². The van der Waals surface area contributed by atoms with Crippen LogP contribution < -0.4 is 0 Å². The van der Waals surface area contributed by atoms with E-state index in [1.54, 1.807) is 35.2 Å². The van der Waals surface area contributed by atoms with Gasteiger partial charge in [-0.1, -0.05) is 30.0 Å². The van der Waals surface area contributed by atoms with Crippen LogP contribution in [0.15, 0.2) is 53.9 Å². The Morgan fingerprint density at radius 2 is 1.42 bits per heavy atom. The number of rotatable bonds is 5. The third-order valence-corrected chi connectivity index (χ3v) is 5.53. The molecule has 0 aliphatic heterocycles. The van der Waals surface area contributed by atoms with Crippen molar-refractivity contribution in [3.8, 4) is 17.1 Å². The average molecular weight is 448 g/mol. The molecule has 4 aromatic rings. The zero-order valence-corrected chi connectivity index (χ0v) is 16.7. The Morgan fingerprint density at radius 1 is 0.806 bits per heavy atom. The lowest BCUT2D eigenvalue weighted by molar-refractivity contribution is 0.372. The fraction of sp³-hybridized carbons (Fsp3) is 0.0952. The fourth-order valence-electron chi connectivity index (χ4n) is 3.00. The van der Waals surface area contributed by atoms with Crippen molar-refractivity contribution in [1.82, 2.24) is 19.7 Å². The van der Waals surface area contributed by atoms with E-state index < -0.39 is 40.4 Å². The molecule has 4 rings (SSSR count). The third-order valence-electron chi connectivity index (χ3n) is 4.57. The summed E-state index contributed by atoms with van der Waals surface area (Å²) >= 11 is 0.809. The van der Waals surface area contributed by atoms with E-state index in [9.17, 15) is 22.0 Å². The molecular formula is C21H13F5N4S. The minimum Gasteiger partial charge on any atom is -0.270 e. The quantitative estimate of drug-likeness (QED) is 0.172. The SMILES string of the molecule is Cc1ccccc1-n1c(SCc2c(F)c(F)c(F)c(F)c2F)nnc1-c1ccncc1. The summed E-state index contributed by atoms with van der Waals surface area (Å²) in [5.74, 6) is -9.96. The molecule has 0 fully saturated rings. The predicted octanol–water partition coefficient (Wildman–Crippen LogP) is 5.63. The minimum absolute atomic E-state index is 0.227. The zero-order valence-electron chi connectivity index (χ0n) is 15.9. The summed E-state index contributed by atoms with van der Waals surface area (Å²) in [4.78, 5) is 3.97. The lowest BCUT2D eigenvalue weighted by Crippen LogP contribution is -2.07. The summed E-state index contributed by atoms with van der Waals surface area (Å²) in [7, 11) is 0. The number of halogens is 5. The van der Waals surface area contributed by atoms with Gasteiger partial charge in [0, 0.05) is 29.3 Å². The highest BCUT2D eigenvalue weighted by molar-refractivity contribution is 7.98. The van der Waals surface area contributed by atoms with E-state index in [1.807, 2.05) is 25.1 Å². The molecule has 0 radical (unpaired) electrons. The molecule has 0 unspecified atom stereocenters. The number of pyridine rings is 1. The number of aryl methyl sites for hydroxylation is 1. The molecule has 0 bridgehead atoms. The number of nitrogens with zero attached hydrogens (tertiary/aromatic N) is 4. The highest BCUT2D eigenvalue weighted by Gasteiger charge is 2.26. The number of benzene rings is 2. The van der Waals surface area contributed by atoms with E-state index in [0.717, 1.165) is 17.3 Å². The second-order valence-electron chi connectivity index (χ2n) is 6.50. The number of hydrogen-bond acceptors (Lipinski definition) is 4. The number of aromatic nitrogens is 4. The molecule has 0 aliphatic carbocycles. The maximum atomic E-state index is 14.1. The van der Waals surface area contributed by atoms with Crippen LogP contribution in [0.1, 0.15) is 11.1 Å². The Balaban J connectivity index is 1.79. The van der Waals surface area contributed by atoms with Crippen LogP contribution in [0.5, 0.6) is 0 Å². The zero-order chi connectivity index (χ0) is 22.1. The van der Waals surface area contributed by atoms with Crippen molar-refractivity contribution in [2.24, 2.45) is 0 Å². The van der Waals surface area contributed by atoms with Crippen molar-refractivity contribution in [1.29, 1.82) is 0 Å². The Labute approximate surface area is 177 Å². The van der Waals surface area contributed by atoms with Crippen LogP contribution in [-0.2, 0) is 5.75 Å². The van der Waals surface area contributed by atoms with Gasteiger partial charge in [-0.2, -0.15) is 0 Å². The second-order valence-corrected chi connectivity index (χ2v) is 7.44. The van der Waals surface area contributed by atoms with Gasteiger partial charge in [-0.05, 0) is 30.7 Å². The monoisotopic (exact) mass is 448 g/mol. The van der Waals surface area contributed by atoms with Crippen LogP contribution in [0.2, 0.25) is 0 Å². The predicted molar refractivity (Wildman–Crippen MR) is 105 cm³/mol. The molecule has 0 saturated carbocycles. The fourth-order valence-corrected chi connectivity index (χ4v) is 3.94. The number of thioether (sulfide) groups is 1. The van der Waals surface area contributed by atoms with Gasteiger partial charge in [0.25, 0.3) is 0 Å². The highest BCUT2D eigenvalue weighted by Crippen LogP contribution is 2.33. The summed E-state index contributed by atoms with van der Waals surface area (Å²) in [5, 5.41) is 8.50. The Hall–Kier alpha value is -3.27. The van der Waals surface area contributed by atoms with Crippen molar-refractivity contribution in [3.63, 3.8) is 0 Å². The summed E-state index contributed by atoms with van der Waals surface area (Å²) in [6.45, 7) is 1.87. The van der Waals surface area contributed by atoms with Crippen molar-refractivity contribution in [2.75, 3.05) is 0 Å². The van der Waals surface area contributed by atoms with Gasteiger partial charge in [0.15, 0.2) is 34.2 Å². The topological polar surface area (TPSA) is 43.6 Å². The molecule has 0 aliphatic rings. The molecule has 2 aromatic heterocycles. The van der Waals surface area contributed by atoms with E-state index in [4.69, 9.17) is 0 Å². The van der Waals surface area contributed by atoms with E-state index in [-0.39, 0.29) is 5.16 Å². The van der Waals surface area contributed by atoms with Crippen LogP contribution in [0.4, 0.5) is 22.0 Å². The smallest absolute Gasteiger partial charge is 0.200 e. The van der Waals surface area contributed by atoms with Gasteiger partial charge in [0.05, 0.1) is 5.69 Å². The molecular weight excluding hydrogens is 435 g/mol.